The third kappa shape index (κ3) is 2.17. The fourth-order valence-corrected chi connectivity index (χ4v) is 2.32. The molecule has 0 spiro atoms. The molecule has 2 nitrogen and oxygen atoms in total. The summed E-state index contributed by atoms with van der Waals surface area (Å²) in [7, 11) is 0. The van der Waals surface area contributed by atoms with Crippen LogP contribution in [-0.2, 0) is 6.54 Å². The molecule has 0 saturated carbocycles. The van der Waals surface area contributed by atoms with Crippen LogP contribution >= 0.6 is 0 Å². The lowest BCUT2D eigenvalue weighted by atomic mass is 10.1. The first kappa shape index (κ1) is 11.7. The number of rotatable bonds is 2. The summed E-state index contributed by atoms with van der Waals surface area (Å²) in [6.07, 6.45) is 0. The van der Waals surface area contributed by atoms with E-state index in [1.807, 2.05) is 31.2 Å². The highest BCUT2D eigenvalue weighted by molar-refractivity contribution is 6.06. The monoisotopic (exact) mass is 248 g/mol. The number of para-hydroxylation sites is 2. The number of aliphatic imine (C=N–C) groups is 1. The van der Waals surface area contributed by atoms with Gasteiger partial charge in [0.2, 0.25) is 0 Å². The first-order chi connectivity index (χ1) is 9.25. The zero-order valence-corrected chi connectivity index (χ0v) is 11.0. The molecule has 0 aromatic heterocycles. The molecule has 0 fully saturated rings. The smallest absolute Gasteiger partial charge is 0.0870 e. The maximum absolute atomic E-state index is 4.59. The molecule has 0 radical (unpaired) electrons. The Morgan fingerprint density at radius 2 is 1.68 bits per heavy atom. The predicted octanol–water partition coefficient (Wildman–Crippen LogP) is 4.31. The number of allylic oxidation sites excluding steroid dienone is 1. The van der Waals surface area contributed by atoms with Crippen molar-refractivity contribution < 1.29 is 0 Å². The molecule has 1 aliphatic heterocycles. The number of benzene rings is 2. The molecular formula is C17H16N2. The molecule has 3 rings (SSSR count). The summed E-state index contributed by atoms with van der Waals surface area (Å²) in [5.41, 5.74) is 5.37. The fraction of sp³-hybridized carbons (Fsp3) is 0.118. The van der Waals surface area contributed by atoms with Crippen molar-refractivity contribution in [3.63, 3.8) is 0 Å². The number of nitrogens with zero attached hydrogens (tertiary/aromatic N) is 2. The molecule has 2 aromatic carbocycles. The van der Waals surface area contributed by atoms with Gasteiger partial charge in [-0.1, -0.05) is 49.0 Å². The summed E-state index contributed by atoms with van der Waals surface area (Å²) in [5, 5.41) is 0. The quantitative estimate of drug-likeness (QED) is 0.773. The Labute approximate surface area is 113 Å². The van der Waals surface area contributed by atoms with Crippen molar-refractivity contribution in [3.8, 4) is 0 Å². The molecule has 2 heteroatoms. The van der Waals surface area contributed by atoms with Crippen LogP contribution in [0.1, 0.15) is 12.5 Å². The molecular weight excluding hydrogens is 232 g/mol. The molecule has 1 heterocycles. The minimum absolute atomic E-state index is 0.823. The molecule has 94 valence electrons. The van der Waals surface area contributed by atoms with Gasteiger partial charge in [0.1, 0.15) is 0 Å². The summed E-state index contributed by atoms with van der Waals surface area (Å²) in [6, 6.07) is 18.6. The average Bonchev–Trinajstić information content (AvgIpc) is 2.45. The second-order valence-corrected chi connectivity index (χ2v) is 4.70. The second-order valence-electron chi connectivity index (χ2n) is 4.70. The van der Waals surface area contributed by atoms with Crippen LogP contribution in [0.25, 0.3) is 0 Å². The Balaban J connectivity index is 2.01. The van der Waals surface area contributed by atoms with Gasteiger partial charge in [-0.3, -0.25) is 0 Å². The lowest BCUT2D eigenvalue weighted by Gasteiger charge is -2.31. The van der Waals surface area contributed by atoms with Gasteiger partial charge in [0.25, 0.3) is 0 Å². The maximum atomic E-state index is 4.59. The first-order valence-corrected chi connectivity index (χ1v) is 6.41. The zero-order valence-electron chi connectivity index (χ0n) is 11.0. The van der Waals surface area contributed by atoms with Crippen LogP contribution in [-0.4, -0.2) is 5.71 Å². The second kappa shape index (κ2) is 4.73. The van der Waals surface area contributed by atoms with Crippen LogP contribution in [0.4, 0.5) is 11.4 Å². The van der Waals surface area contributed by atoms with E-state index in [0.29, 0.717) is 0 Å². The van der Waals surface area contributed by atoms with E-state index >= 15 is 0 Å². The highest BCUT2D eigenvalue weighted by Crippen LogP contribution is 2.36. The molecule has 0 aliphatic carbocycles. The van der Waals surface area contributed by atoms with Gasteiger partial charge in [-0.2, -0.15) is 0 Å². The van der Waals surface area contributed by atoms with E-state index in [2.05, 4.69) is 46.8 Å². The van der Waals surface area contributed by atoms with Crippen molar-refractivity contribution in [1.82, 2.24) is 0 Å². The van der Waals surface area contributed by atoms with E-state index < -0.39 is 0 Å². The number of fused-ring (bicyclic) bond motifs is 1. The summed E-state index contributed by atoms with van der Waals surface area (Å²) in [5.74, 6) is 0. The standard InChI is InChI=1S/C17H16N2/c1-13-14(2)19(12-15-8-4-3-5-9-15)17-11-7-6-10-16(17)18-13/h3-11H,2,12H2,1H3. The predicted molar refractivity (Wildman–Crippen MR) is 81.0 cm³/mol. The van der Waals surface area contributed by atoms with Crippen molar-refractivity contribution in [2.24, 2.45) is 4.99 Å². The van der Waals surface area contributed by atoms with Gasteiger partial charge in [0, 0.05) is 6.54 Å². The molecule has 0 N–H and O–H groups in total. The largest absolute Gasteiger partial charge is 0.334 e. The Bertz CT molecular complexity index is 641. The molecule has 2 aromatic rings. The van der Waals surface area contributed by atoms with Crippen LogP contribution in [0.3, 0.4) is 0 Å². The topological polar surface area (TPSA) is 15.6 Å². The van der Waals surface area contributed by atoms with Crippen molar-refractivity contribution in [2.75, 3.05) is 4.90 Å². The minimum Gasteiger partial charge on any atom is -0.334 e. The van der Waals surface area contributed by atoms with Gasteiger partial charge in [-0.05, 0) is 24.6 Å². The number of anilines is 1. The Kier molecular flexibility index (Phi) is 2.92. The van der Waals surface area contributed by atoms with Gasteiger partial charge in [-0.25, -0.2) is 4.99 Å². The molecule has 0 unspecified atom stereocenters. The fourth-order valence-electron chi connectivity index (χ4n) is 2.32. The summed E-state index contributed by atoms with van der Waals surface area (Å²) >= 11 is 0. The van der Waals surface area contributed by atoms with E-state index in [-0.39, 0.29) is 0 Å². The van der Waals surface area contributed by atoms with Crippen LogP contribution < -0.4 is 4.90 Å². The van der Waals surface area contributed by atoms with Gasteiger partial charge in [0.05, 0.1) is 22.8 Å². The third-order valence-electron chi connectivity index (χ3n) is 3.39. The average molecular weight is 248 g/mol. The van der Waals surface area contributed by atoms with Crippen molar-refractivity contribution in [1.29, 1.82) is 0 Å². The molecule has 19 heavy (non-hydrogen) atoms. The van der Waals surface area contributed by atoms with Crippen LogP contribution in [0, 0.1) is 0 Å². The zero-order chi connectivity index (χ0) is 13.2. The SMILES string of the molecule is C=C1C(C)=Nc2ccccc2N1Cc1ccccc1. The lowest BCUT2D eigenvalue weighted by molar-refractivity contribution is 0.936. The minimum atomic E-state index is 0.823. The van der Waals surface area contributed by atoms with Gasteiger partial charge in [-0.15, -0.1) is 0 Å². The van der Waals surface area contributed by atoms with Crippen LogP contribution in [0.15, 0.2) is 71.9 Å². The first-order valence-electron chi connectivity index (χ1n) is 6.41. The summed E-state index contributed by atoms with van der Waals surface area (Å²) in [6.45, 7) is 7.00. The van der Waals surface area contributed by atoms with Crippen LogP contribution in [0.2, 0.25) is 0 Å². The van der Waals surface area contributed by atoms with Crippen molar-refractivity contribution >= 4 is 17.1 Å². The Morgan fingerprint density at radius 1 is 1.00 bits per heavy atom. The Morgan fingerprint density at radius 3 is 2.47 bits per heavy atom. The highest BCUT2D eigenvalue weighted by atomic mass is 15.2. The van der Waals surface area contributed by atoms with E-state index in [9.17, 15) is 0 Å². The molecule has 0 bridgehead atoms. The van der Waals surface area contributed by atoms with Gasteiger partial charge < -0.3 is 4.90 Å². The molecule has 0 saturated heterocycles. The van der Waals surface area contributed by atoms with E-state index in [1.165, 1.54) is 5.56 Å². The highest BCUT2D eigenvalue weighted by Gasteiger charge is 2.20. The van der Waals surface area contributed by atoms with Crippen molar-refractivity contribution in [3.05, 3.63) is 72.4 Å². The van der Waals surface area contributed by atoms with Crippen molar-refractivity contribution in [2.45, 2.75) is 13.5 Å². The van der Waals surface area contributed by atoms with Gasteiger partial charge >= 0.3 is 0 Å². The maximum Gasteiger partial charge on any atom is 0.0870 e. The molecule has 0 atom stereocenters. The normalized spacial score (nSPS) is 14.1. The lowest BCUT2D eigenvalue weighted by Crippen LogP contribution is -2.27. The van der Waals surface area contributed by atoms with E-state index in [1.54, 1.807) is 0 Å². The summed E-state index contributed by atoms with van der Waals surface area (Å²) in [4.78, 5) is 6.82. The van der Waals surface area contributed by atoms with E-state index in [0.717, 1.165) is 29.3 Å². The van der Waals surface area contributed by atoms with Gasteiger partial charge in [0.15, 0.2) is 0 Å². The van der Waals surface area contributed by atoms with Crippen LogP contribution in [0.5, 0.6) is 0 Å². The molecule has 1 aliphatic rings. The number of hydrogen-bond acceptors (Lipinski definition) is 2. The molecule has 0 amide bonds. The third-order valence-corrected chi connectivity index (χ3v) is 3.39. The van der Waals surface area contributed by atoms with E-state index in [4.69, 9.17) is 0 Å². The number of hydrogen-bond donors (Lipinski definition) is 0. The Hall–Kier alpha value is -2.35. The summed E-state index contributed by atoms with van der Waals surface area (Å²) < 4.78 is 0.